The number of methoxy groups -OCH3 is 2. The van der Waals surface area contributed by atoms with Crippen LogP contribution in [0.25, 0.3) is 10.9 Å². The Morgan fingerprint density at radius 1 is 1.09 bits per heavy atom. The van der Waals surface area contributed by atoms with Gasteiger partial charge in [0.25, 0.3) is 0 Å². The molecule has 0 saturated heterocycles. The SMILES string of the molecule is CCOC(=O)c1c([C@H]2C[C@@H]2C(=O)OC)c2cc(OC)ccc2n1Cc1ccc(Cl)c(Cl)c1. The van der Waals surface area contributed by atoms with E-state index in [0.29, 0.717) is 34.5 Å². The maximum atomic E-state index is 13.2. The van der Waals surface area contributed by atoms with Gasteiger partial charge in [-0.2, -0.15) is 0 Å². The van der Waals surface area contributed by atoms with E-state index in [1.54, 1.807) is 26.2 Å². The molecule has 1 saturated carbocycles. The van der Waals surface area contributed by atoms with Crippen molar-refractivity contribution in [3.63, 3.8) is 0 Å². The number of rotatable bonds is 7. The Morgan fingerprint density at radius 3 is 2.53 bits per heavy atom. The van der Waals surface area contributed by atoms with E-state index in [0.717, 1.165) is 22.0 Å². The highest BCUT2D eigenvalue weighted by atomic mass is 35.5. The first-order valence-electron chi connectivity index (χ1n) is 10.3. The summed E-state index contributed by atoms with van der Waals surface area (Å²) >= 11 is 12.3. The lowest BCUT2D eigenvalue weighted by Gasteiger charge is -2.12. The summed E-state index contributed by atoms with van der Waals surface area (Å²) in [6.07, 6.45) is 0.613. The summed E-state index contributed by atoms with van der Waals surface area (Å²) in [6.45, 7) is 2.38. The van der Waals surface area contributed by atoms with Gasteiger partial charge in [-0.25, -0.2) is 4.79 Å². The first-order chi connectivity index (χ1) is 15.4. The fraction of sp³-hybridized carbons (Fsp3) is 0.333. The van der Waals surface area contributed by atoms with E-state index in [1.165, 1.54) is 7.11 Å². The van der Waals surface area contributed by atoms with Gasteiger partial charge in [0.2, 0.25) is 0 Å². The molecule has 1 aromatic heterocycles. The summed E-state index contributed by atoms with van der Waals surface area (Å²) in [6, 6.07) is 11.0. The highest BCUT2D eigenvalue weighted by molar-refractivity contribution is 6.42. The van der Waals surface area contributed by atoms with Crippen molar-refractivity contribution in [1.29, 1.82) is 0 Å². The summed E-state index contributed by atoms with van der Waals surface area (Å²) in [4.78, 5) is 25.4. The maximum Gasteiger partial charge on any atom is 0.355 e. The van der Waals surface area contributed by atoms with Crippen molar-refractivity contribution in [2.45, 2.75) is 25.8 Å². The van der Waals surface area contributed by atoms with E-state index in [-0.39, 0.29) is 24.4 Å². The molecule has 0 bridgehead atoms. The van der Waals surface area contributed by atoms with Gasteiger partial charge in [-0.15, -0.1) is 0 Å². The lowest BCUT2D eigenvalue weighted by atomic mass is 10.0. The van der Waals surface area contributed by atoms with Crippen LogP contribution in [0.1, 0.15) is 40.9 Å². The van der Waals surface area contributed by atoms with Gasteiger partial charge in [-0.1, -0.05) is 29.3 Å². The second-order valence-electron chi connectivity index (χ2n) is 7.67. The van der Waals surface area contributed by atoms with Crippen LogP contribution < -0.4 is 4.74 Å². The van der Waals surface area contributed by atoms with E-state index in [1.807, 2.05) is 28.8 Å². The van der Waals surface area contributed by atoms with Crippen LogP contribution in [0.5, 0.6) is 5.75 Å². The molecule has 0 unspecified atom stereocenters. The van der Waals surface area contributed by atoms with E-state index in [9.17, 15) is 9.59 Å². The summed E-state index contributed by atoms with van der Waals surface area (Å²) < 4.78 is 17.7. The van der Waals surface area contributed by atoms with Gasteiger partial charge in [0, 0.05) is 23.4 Å². The lowest BCUT2D eigenvalue weighted by molar-refractivity contribution is -0.142. The highest BCUT2D eigenvalue weighted by Gasteiger charge is 2.48. The normalized spacial score (nSPS) is 17.3. The second-order valence-corrected chi connectivity index (χ2v) is 8.49. The van der Waals surface area contributed by atoms with Gasteiger partial charge in [0.05, 0.1) is 36.8 Å². The summed E-state index contributed by atoms with van der Waals surface area (Å²) in [7, 11) is 2.97. The van der Waals surface area contributed by atoms with E-state index in [2.05, 4.69) is 0 Å². The zero-order valence-corrected chi connectivity index (χ0v) is 19.5. The molecule has 1 aliphatic rings. The molecule has 168 valence electrons. The number of nitrogens with zero attached hydrogens (tertiary/aromatic N) is 1. The summed E-state index contributed by atoms with van der Waals surface area (Å²) in [5, 5.41) is 1.75. The largest absolute Gasteiger partial charge is 0.497 e. The van der Waals surface area contributed by atoms with Gasteiger partial charge in [0.1, 0.15) is 11.4 Å². The Kier molecular flexibility index (Phi) is 6.35. The number of halogens is 2. The summed E-state index contributed by atoms with van der Waals surface area (Å²) in [5.74, 6) is -0.475. The maximum absolute atomic E-state index is 13.2. The average molecular weight is 476 g/mol. The lowest BCUT2D eigenvalue weighted by Crippen LogP contribution is -2.15. The number of esters is 2. The highest BCUT2D eigenvalue weighted by Crippen LogP contribution is 2.52. The molecular formula is C24H23Cl2NO5. The van der Waals surface area contributed by atoms with E-state index >= 15 is 0 Å². The van der Waals surface area contributed by atoms with Gasteiger partial charge < -0.3 is 18.8 Å². The molecular weight excluding hydrogens is 453 g/mol. The molecule has 1 fully saturated rings. The van der Waals surface area contributed by atoms with Gasteiger partial charge >= 0.3 is 11.9 Å². The third-order valence-electron chi connectivity index (χ3n) is 5.77. The molecule has 0 amide bonds. The van der Waals surface area contributed by atoms with Crippen LogP contribution in [0.4, 0.5) is 0 Å². The molecule has 8 heteroatoms. The molecule has 1 heterocycles. The Balaban J connectivity index is 1.92. The Labute approximate surface area is 196 Å². The van der Waals surface area contributed by atoms with Crippen molar-refractivity contribution in [2.75, 3.05) is 20.8 Å². The van der Waals surface area contributed by atoms with Crippen molar-refractivity contribution in [2.24, 2.45) is 5.92 Å². The Bertz CT molecular complexity index is 1200. The molecule has 2 atom stereocenters. The number of carbonyl (C=O) groups is 2. The molecule has 2 aromatic carbocycles. The number of aromatic nitrogens is 1. The monoisotopic (exact) mass is 475 g/mol. The third-order valence-corrected chi connectivity index (χ3v) is 6.51. The minimum Gasteiger partial charge on any atom is -0.497 e. The molecule has 0 radical (unpaired) electrons. The van der Waals surface area contributed by atoms with Crippen LogP contribution in [0.2, 0.25) is 10.0 Å². The standard InChI is InChI=1S/C24H23Cl2NO5/c1-4-32-24(29)22-21(15-11-16(15)23(28)31-3)17-10-14(30-2)6-8-20(17)27(22)12-13-5-7-18(25)19(26)9-13/h5-10,15-16H,4,11-12H2,1-3H3/t15-,16-/m0/s1. The molecule has 4 rings (SSSR count). The Hall–Kier alpha value is -2.70. The Morgan fingerprint density at radius 2 is 1.88 bits per heavy atom. The predicted molar refractivity (Wildman–Crippen MR) is 123 cm³/mol. The van der Waals surface area contributed by atoms with E-state index < -0.39 is 5.97 Å². The number of carbonyl (C=O) groups excluding carboxylic acids is 2. The third kappa shape index (κ3) is 4.05. The molecule has 1 aliphatic carbocycles. The quantitative estimate of drug-likeness (QED) is 0.424. The van der Waals surface area contributed by atoms with Gasteiger partial charge in [0.15, 0.2) is 0 Å². The second kappa shape index (κ2) is 9.04. The molecule has 0 aliphatic heterocycles. The van der Waals surface area contributed by atoms with Gasteiger partial charge in [-0.3, -0.25) is 4.79 Å². The zero-order valence-electron chi connectivity index (χ0n) is 18.0. The number of hydrogen-bond acceptors (Lipinski definition) is 5. The molecule has 0 N–H and O–H groups in total. The molecule has 32 heavy (non-hydrogen) atoms. The van der Waals surface area contributed by atoms with Crippen LogP contribution in [0, 0.1) is 5.92 Å². The molecule has 0 spiro atoms. The fourth-order valence-corrected chi connectivity index (χ4v) is 4.51. The minimum atomic E-state index is -0.437. The van der Waals surface area contributed by atoms with Crippen LogP contribution in [0.3, 0.4) is 0 Å². The summed E-state index contributed by atoms with van der Waals surface area (Å²) in [5.41, 5.74) is 2.93. The van der Waals surface area contributed by atoms with Crippen molar-refractivity contribution in [3.8, 4) is 5.75 Å². The van der Waals surface area contributed by atoms with Crippen LogP contribution >= 0.6 is 23.2 Å². The zero-order chi connectivity index (χ0) is 23.0. The van der Waals surface area contributed by atoms with Crippen LogP contribution in [-0.2, 0) is 20.8 Å². The number of hydrogen-bond donors (Lipinski definition) is 0. The number of ether oxygens (including phenoxy) is 3. The topological polar surface area (TPSA) is 66.8 Å². The van der Waals surface area contributed by atoms with Crippen LogP contribution in [-0.4, -0.2) is 37.3 Å². The number of benzene rings is 2. The van der Waals surface area contributed by atoms with Crippen molar-refractivity contribution < 1.29 is 23.8 Å². The van der Waals surface area contributed by atoms with Gasteiger partial charge in [-0.05, 0) is 54.8 Å². The van der Waals surface area contributed by atoms with Crippen molar-refractivity contribution >= 4 is 46.0 Å². The minimum absolute atomic E-state index is 0.133. The van der Waals surface area contributed by atoms with Crippen molar-refractivity contribution in [1.82, 2.24) is 4.57 Å². The predicted octanol–water partition coefficient (Wildman–Crippen LogP) is 5.46. The van der Waals surface area contributed by atoms with Crippen LogP contribution in [0.15, 0.2) is 36.4 Å². The first kappa shape index (κ1) is 22.5. The number of fused-ring (bicyclic) bond motifs is 1. The fourth-order valence-electron chi connectivity index (χ4n) is 4.19. The smallest absolute Gasteiger partial charge is 0.355 e. The first-order valence-corrected chi connectivity index (χ1v) is 11.0. The molecule has 3 aromatic rings. The average Bonchev–Trinajstić information content (AvgIpc) is 3.52. The van der Waals surface area contributed by atoms with Crippen molar-refractivity contribution in [3.05, 3.63) is 63.3 Å². The molecule has 6 nitrogen and oxygen atoms in total. The van der Waals surface area contributed by atoms with E-state index in [4.69, 9.17) is 37.4 Å².